The van der Waals surface area contributed by atoms with Crippen molar-refractivity contribution in [3.8, 4) is 5.69 Å². The lowest BCUT2D eigenvalue weighted by Crippen LogP contribution is -2.14. The maximum absolute atomic E-state index is 12.2. The van der Waals surface area contributed by atoms with Gasteiger partial charge in [-0.15, -0.1) is 0 Å². The van der Waals surface area contributed by atoms with E-state index in [1.807, 2.05) is 36.5 Å². The highest BCUT2D eigenvalue weighted by molar-refractivity contribution is 7.91. The molecule has 134 valence electrons. The summed E-state index contributed by atoms with van der Waals surface area (Å²) in [6, 6.07) is 15.6. The second kappa shape index (κ2) is 7.53. The number of nitrogens with one attached hydrogen (secondary N) is 1. The fourth-order valence-electron chi connectivity index (χ4n) is 2.49. The average molecular weight is 369 g/mol. The predicted molar refractivity (Wildman–Crippen MR) is 100 cm³/mol. The Bertz CT molecular complexity index is 978. The summed E-state index contributed by atoms with van der Waals surface area (Å²) >= 11 is 0. The third-order valence-electron chi connectivity index (χ3n) is 3.95. The van der Waals surface area contributed by atoms with E-state index in [-0.39, 0.29) is 23.0 Å². The predicted octanol–water partition coefficient (Wildman–Crippen LogP) is 2.85. The second-order valence-electron chi connectivity index (χ2n) is 5.77. The van der Waals surface area contributed by atoms with Gasteiger partial charge in [-0.25, -0.2) is 13.1 Å². The fourth-order valence-corrected chi connectivity index (χ4v) is 3.38. The van der Waals surface area contributed by atoms with Crippen molar-refractivity contribution in [2.24, 2.45) is 0 Å². The Hall–Kier alpha value is -2.93. The van der Waals surface area contributed by atoms with Crippen LogP contribution in [0.3, 0.4) is 0 Å². The SMILES string of the molecule is CCS(=O)(=O)c1ccc(NC(=O)Cc2ccc(-n3cccn3)cc2)cc1. The van der Waals surface area contributed by atoms with Gasteiger partial charge in [-0.05, 0) is 48.0 Å². The number of hydrogen-bond donors (Lipinski definition) is 1. The number of benzene rings is 2. The standard InChI is InChI=1S/C19H19N3O3S/c1-2-26(24,25)18-10-6-16(7-11-18)21-19(23)14-15-4-8-17(9-5-15)22-13-3-12-20-22/h3-13H,2,14H2,1H3,(H,21,23). The summed E-state index contributed by atoms with van der Waals surface area (Å²) < 4.78 is 25.3. The first kappa shape index (κ1) is 17.9. The Labute approximate surface area is 152 Å². The minimum absolute atomic E-state index is 0.0488. The lowest BCUT2D eigenvalue weighted by molar-refractivity contribution is -0.115. The Balaban J connectivity index is 1.62. The molecule has 26 heavy (non-hydrogen) atoms. The number of anilines is 1. The highest BCUT2D eigenvalue weighted by Gasteiger charge is 2.11. The van der Waals surface area contributed by atoms with Gasteiger partial charge in [0.2, 0.25) is 5.91 Å². The van der Waals surface area contributed by atoms with Gasteiger partial charge in [-0.3, -0.25) is 4.79 Å². The van der Waals surface area contributed by atoms with E-state index >= 15 is 0 Å². The molecular weight excluding hydrogens is 350 g/mol. The first-order valence-corrected chi connectivity index (χ1v) is 9.85. The highest BCUT2D eigenvalue weighted by Crippen LogP contribution is 2.16. The molecule has 0 radical (unpaired) electrons. The summed E-state index contributed by atoms with van der Waals surface area (Å²) in [5, 5.41) is 6.94. The number of sulfone groups is 1. The molecule has 0 aliphatic rings. The summed E-state index contributed by atoms with van der Waals surface area (Å²) in [6.45, 7) is 1.60. The van der Waals surface area contributed by atoms with Gasteiger partial charge in [-0.2, -0.15) is 5.10 Å². The molecule has 0 bridgehead atoms. The smallest absolute Gasteiger partial charge is 0.228 e. The molecule has 2 aromatic carbocycles. The van der Waals surface area contributed by atoms with Gasteiger partial charge >= 0.3 is 0 Å². The van der Waals surface area contributed by atoms with Crippen LogP contribution in [0.4, 0.5) is 5.69 Å². The summed E-state index contributed by atoms with van der Waals surface area (Å²) in [5.74, 6) is -0.115. The number of carbonyl (C=O) groups is 1. The van der Waals surface area contributed by atoms with Crippen LogP contribution in [0, 0.1) is 0 Å². The Morgan fingerprint density at radius 2 is 1.77 bits per heavy atom. The number of nitrogens with zero attached hydrogens (tertiary/aromatic N) is 2. The number of hydrogen-bond acceptors (Lipinski definition) is 4. The Morgan fingerprint density at radius 1 is 1.08 bits per heavy atom. The van der Waals surface area contributed by atoms with E-state index in [0.29, 0.717) is 5.69 Å². The molecule has 0 atom stereocenters. The molecule has 1 heterocycles. The van der Waals surface area contributed by atoms with Crippen LogP contribution in [0.25, 0.3) is 5.69 Å². The minimum Gasteiger partial charge on any atom is -0.326 e. The molecule has 3 rings (SSSR count). The van der Waals surface area contributed by atoms with Crippen molar-refractivity contribution in [1.29, 1.82) is 0 Å². The van der Waals surface area contributed by atoms with E-state index in [1.54, 1.807) is 29.9 Å². The van der Waals surface area contributed by atoms with Gasteiger partial charge in [-0.1, -0.05) is 19.1 Å². The summed E-state index contributed by atoms with van der Waals surface area (Å²) in [7, 11) is -3.23. The third kappa shape index (κ3) is 4.18. The van der Waals surface area contributed by atoms with Crippen LogP contribution in [0.5, 0.6) is 0 Å². The van der Waals surface area contributed by atoms with E-state index in [2.05, 4.69) is 10.4 Å². The second-order valence-corrected chi connectivity index (χ2v) is 8.05. The lowest BCUT2D eigenvalue weighted by atomic mass is 10.1. The third-order valence-corrected chi connectivity index (χ3v) is 5.70. The molecule has 0 aliphatic carbocycles. The van der Waals surface area contributed by atoms with Crippen molar-refractivity contribution in [3.05, 3.63) is 72.6 Å². The van der Waals surface area contributed by atoms with Crippen LogP contribution in [0.15, 0.2) is 71.9 Å². The number of aromatic nitrogens is 2. The molecule has 3 aromatic rings. The molecule has 0 fully saturated rings. The summed E-state index contributed by atoms with van der Waals surface area (Å²) in [6.07, 6.45) is 3.79. The molecule has 1 N–H and O–H groups in total. The van der Waals surface area contributed by atoms with Crippen LogP contribution in [-0.4, -0.2) is 29.9 Å². The zero-order chi connectivity index (χ0) is 18.6. The van der Waals surface area contributed by atoms with Gasteiger partial charge in [0, 0.05) is 18.1 Å². The average Bonchev–Trinajstić information content (AvgIpc) is 3.17. The van der Waals surface area contributed by atoms with Crippen molar-refractivity contribution in [3.63, 3.8) is 0 Å². The van der Waals surface area contributed by atoms with Crippen molar-refractivity contribution in [2.75, 3.05) is 11.1 Å². The quantitative estimate of drug-likeness (QED) is 0.724. The topological polar surface area (TPSA) is 81.1 Å². The first-order chi connectivity index (χ1) is 12.5. The van der Waals surface area contributed by atoms with Crippen LogP contribution in [0.1, 0.15) is 12.5 Å². The Morgan fingerprint density at radius 3 is 2.35 bits per heavy atom. The molecule has 1 aromatic heterocycles. The fraction of sp³-hybridized carbons (Fsp3) is 0.158. The molecule has 7 heteroatoms. The molecule has 0 unspecified atom stereocenters. The zero-order valence-corrected chi connectivity index (χ0v) is 15.1. The van der Waals surface area contributed by atoms with E-state index in [0.717, 1.165) is 11.3 Å². The van der Waals surface area contributed by atoms with E-state index in [9.17, 15) is 13.2 Å². The molecule has 0 spiro atoms. The molecule has 1 amide bonds. The molecule has 0 saturated carbocycles. The highest BCUT2D eigenvalue weighted by atomic mass is 32.2. The minimum atomic E-state index is -3.23. The van der Waals surface area contributed by atoms with Gasteiger partial charge in [0.05, 0.1) is 22.8 Å². The normalized spacial score (nSPS) is 11.3. The van der Waals surface area contributed by atoms with Gasteiger partial charge in [0.15, 0.2) is 9.84 Å². The van der Waals surface area contributed by atoms with Crippen molar-refractivity contribution >= 4 is 21.4 Å². The van der Waals surface area contributed by atoms with Gasteiger partial charge in [0.1, 0.15) is 0 Å². The number of rotatable bonds is 6. The molecular formula is C19H19N3O3S. The summed E-state index contributed by atoms with van der Waals surface area (Å²) in [4.78, 5) is 12.4. The Kier molecular flexibility index (Phi) is 5.18. The monoisotopic (exact) mass is 369 g/mol. The van der Waals surface area contributed by atoms with Gasteiger partial charge in [0.25, 0.3) is 0 Å². The maximum Gasteiger partial charge on any atom is 0.228 e. The van der Waals surface area contributed by atoms with Crippen molar-refractivity contribution in [2.45, 2.75) is 18.2 Å². The van der Waals surface area contributed by atoms with E-state index < -0.39 is 9.84 Å². The van der Waals surface area contributed by atoms with E-state index in [1.165, 1.54) is 12.1 Å². The zero-order valence-electron chi connectivity index (χ0n) is 14.3. The van der Waals surface area contributed by atoms with Crippen LogP contribution in [0.2, 0.25) is 0 Å². The first-order valence-electron chi connectivity index (χ1n) is 8.19. The number of amides is 1. The van der Waals surface area contributed by atoms with Crippen molar-refractivity contribution < 1.29 is 13.2 Å². The van der Waals surface area contributed by atoms with Gasteiger partial charge < -0.3 is 5.32 Å². The maximum atomic E-state index is 12.2. The molecule has 0 aliphatic heterocycles. The van der Waals surface area contributed by atoms with Crippen molar-refractivity contribution in [1.82, 2.24) is 9.78 Å². The summed E-state index contributed by atoms with van der Waals surface area (Å²) in [5.41, 5.74) is 2.37. The van der Waals surface area contributed by atoms with E-state index in [4.69, 9.17) is 0 Å². The van der Waals surface area contributed by atoms with Crippen LogP contribution in [-0.2, 0) is 21.1 Å². The van der Waals surface area contributed by atoms with Crippen LogP contribution >= 0.6 is 0 Å². The largest absolute Gasteiger partial charge is 0.326 e. The number of carbonyl (C=O) groups excluding carboxylic acids is 1. The lowest BCUT2D eigenvalue weighted by Gasteiger charge is -2.08. The molecule has 6 nitrogen and oxygen atoms in total. The molecule has 0 saturated heterocycles. The van der Waals surface area contributed by atoms with Crippen LogP contribution < -0.4 is 5.32 Å².